The molecule has 0 N–H and O–H groups in total. The topological polar surface area (TPSA) is 147 Å². The van der Waals surface area contributed by atoms with Crippen molar-refractivity contribution in [2.75, 3.05) is 0 Å². The van der Waals surface area contributed by atoms with Crippen molar-refractivity contribution in [2.24, 2.45) is 0 Å². The van der Waals surface area contributed by atoms with Crippen molar-refractivity contribution in [3.05, 3.63) is 44.0 Å². The van der Waals surface area contributed by atoms with Crippen LogP contribution in [0.3, 0.4) is 0 Å². The number of fused-ring (bicyclic) bond motifs is 2. The van der Waals surface area contributed by atoms with Crippen LogP contribution in [0.1, 0.15) is 0 Å². The van der Waals surface area contributed by atoms with Gasteiger partial charge in [-0.15, -0.1) is 0 Å². The second-order valence-corrected chi connectivity index (χ2v) is 4.03. The summed E-state index contributed by atoms with van der Waals surface area (Å²) in [5.41, 5.74) is -1.28. The van der Waals surface area contributed by atoms with Crippen LogP contribution < -0.4 is 0 Å². The number of carbonyl (C=O) groups excluding carboxylic acids is 3. The molecule has 0 saturated carbocycles. The molecule has 0 aromatic heterocycles. The second-order valence-electron chi connectivity index (χ2n) is 4.03. The molecule has 2 unspecified atom stereocenters. The largest absolute Gasteiger partial charge is 0.305 e. The van der Waals surface area contributed by atoms with Gasteiger partial charge in [-0.05, 0) is 0 Å². The van der Waals surface area contributed by atoms with Gasteiger partial charge in [0, 0.05) is 0 Å². The Balaban J connectivity index is 2.68. The first kappa shape index (κ1) is 14.1. The zero-order valence-corrected chi connectivity index (χ0v) is 10.1. The molecule has 0 aromatic rings. The van der Waals surface area contributed by atoms with Crippen molar-refractivity contribution in [2.45, 2.75) is 12.3 Å². The van der Waals surface area contributed by atoms with E-state index >= 15 is 0 Å². The summed E-state index contributed by atoms with van der Waals surface area (Å²) in [4.78, 5) is 55.3. The van der Waals surface area contributed by atoms with Crippen molar-refractivity contribution in [3.8, 4) is 0 Å². The molecule has 12 nitrogen and oxygen atoms in total. The normalized spacial score (nSPS) is 23.9. The summed E-state index contributed by atoms with van der Waals surface area (Å²) in [5, 5.41) is 22.0. The van der Waals surface area contributed by atoms with Crippen LogP contribution in [0.4, 0.5) is 0 Å². The Kier molecular flexibility index (Phi) is 3.35. The van der Waals surface area contributed by atoms with Crippen LogP contribution in [0.5, 0.6) is 0 Å². The fourth-order valence-electron chi connectivity index (χ4n) is 2.21. The minimum Gasteiger partial charge on any atom is -0.284 e. The molecule has 2 heterocycles. The summed E-state index contributed by atoms with van der Waals surface area (Å²) in [6.07, 6.45) is -1.05. The van der Waals surface area contributed by atoms with Gasteiger partial charge in [0.05, 0.1) is 22.2 Å². The van der Waals surface area contributed by atoms with E-state index in [2.05, 4.69) is 0 Å². The van der Waals surface area contributed by atoms with Crippen LogP contribution in [-0.4, -0.2) is 56.1 Å². The highest BCUT2D eigenvalue weighted by atomic mass is 16.6. The molecule has 0 aromatic carbocycles. The van der Waals surface area contributed by atoms with Crippen LogP contribution in [-0.2, 0) is 14.4 Å². The quantitative estimate of drug-likeness (QED) is 0.333. The smallest absolute Gasteiger partial charge is 0.284 e. The number of hydrogen-bond donors (Lipinski definition) is 0. The van der Waals surface area contributed by atoms with Crippen LogP contribution in [0.15, 0.2) is 23.8 Å². The maximum Gasteiger partial charge on any atom is 0.305 e. The summed E-state index contributed by atoms with van der Waals surface area (Å²) in [7, 11) is 0. The van der Waals surface area contributed by atoms with E-state index in [9.17, 15) is 34.6 Å². The zero-order valence-electron chi connectivity index (χ0n) is 10.1. The highest BCUT2D eigenvalue weighted by molar-refractivity contribution is 5.62. The van der Waals surface area contributed by atoms with E-state index in [0.29, 0.717) is 14.7 Å². The molecule has 12 heteroatoms. The average molecular weight is 297 g/mol. The number of rotatable bonds is 5. The van der Waals surface area contributed by atoms with Gasteiger partial charge in [0.1, 0.15) is 0 Å². The van der Waals surface area contributed by atoms with Gasteiger partial charge in [0.25, 0.3) is 0 Å². The second kappa shape index (κ2) is 4.99. The molecular weight excluding hydrogens is 290 g/mol. The first-order valence-electron chi connectivity index (χ1n) is 5.36. The molecule has 0 radical (unpaired) electrons. The molecule has 0 fully saturated rings. The van der Waals surface area contributed by atoms with Crippen molar-refractivity contribution in [1.82, 2.24) is 14.7 Å². The van der Waals surface area contributed by atoms with Crippen molar-refractivity contribution in [1.29, 1.82) is 0 Å². The first-order valence-corrected chi connectivity index (χ1v) is 5.36. The van der Waals surface area contributed by atoms with Gasteiger partial charge in [0.2, 0.25) is 31.6 Å². The van der Waals surface area contributed by atoms with E-state index < -0.39 is 33.6 Å². The molecule has 0 aliphatic carbocycles. The SMILES string of the molecule is O=CN1C=C([N+](=O)[O-])C2N(C=O)C=C([N+](=O)[O-])C1N2C=O. The van der Waals surface area contributed by atoms with Gasteiger partial charge in [-0.25, -0.2) is 0 Å². The monoisotopic (exact) mass is 297 g/mol. The molecule has 2 aliphatic rings. The average Bonchev–Trinajstić information content (AvgIpc) is 2.46. The summed E-state index contributed by atoms with van der Waals surface area (Å²) in [5.74, 6) is 0. The summed E-state index contributed by atoms with van der Waals surface area (Å²) >= 11 is 0. The van der Waals surface area contributed by atoms with Crippen LogP contribution in [0.2, 0.25) is 0 Å². The molecule has 21 heavy (non-hydrogen) atoms. The van der Waals surface area contributed by atoms with Gasteiger partial charge >= 0.3 is 11.4 Å². The first-order chi connectivity index (χ1) is 9.96. The van der Waals surface area contributed by atoms with E-state index in [0.717, 1.165) is 12.4 Å². The lowest BCUT2D eigenvalue weighted by Crippen LogP contribution is -2.64. The maximum absolute atomic E-state index is 11.2. The van der Waals surface area contributed by atoms with Crippen molar-refractivity contribution in [3.63, 3.8) is 0 Å². The Morgan fingerprint density at radius 1 is 0.857 bits per heavy atom. The lowest BCUT2D eigenvalue weighted by Gasteiger charge is -2.44. The Labute approximate surface area is 115 Å². The molecule has 2 rings (SSSR count). The van der Waals surface area contributed by atoms with Gasteiger partial charge < -0.3 is 0 Å². The van der Waals surface area contributed by atoms with Gasteiger partial charge in [0.15, 0.2) is 0 Å². The lowest BCUT2D eigenvalue weighted by atomic mass is 10.1. The standard InChI is InChI=1S/C9H7N5O7/c15-3-10-1-6(13(18)19)8-11(4-16)2-7(14(20)21)9(10)12(8)5-17/h1-5,8-9H. The molecule has 3 amide bonds. The Morgan fingerprint density at radius 3 is 1.48 bits per heavy atom. The molecule has 2 bridgehead atoms. The Morgan fingerprint density at radius 2 is 1.24 bits per heavy atom. The maximum atomic E-state index is 11.2. The minimum atomic E-state index is -1.46. The molecule has 0 saturated heterocycles. The van der Waals surface area contributed by atoms with Crippen molar-refractivity contribution >= 4 is 19.2 Å². The van der Waals surface area contributed by atoms with E-state index in [1.165, 1.54) is 0 Å². The highest BCUT2D eigenvalue weighted by Gasteiger charge is 2.52. The summed E-state index contributed by atoms with van der Waals surface area (Å²) in [6, 6.07) is 0. The summed E-state index contributed by atoms with van der Waals surface area (Å²) < 4.78 is 0. The predicted molar refractivity (Wildman–Crippen MR) is 61.4 cm³/mol. The molecule has 2 atom stereocenters. The highest BCUT2D eigenvalue weighted by Crippen LogP contribution is 2.32. The zero-order chi connectivity index (χ0) is 15.7. The number of amides is 3. The number of nitro groups is 2. The van der Waals surface area contributed by atoms with Gasteiger partial charge in [-0.2, -0.15) is 0 Å². The molecule has 2 aliphatic heterocycles. The van der Waals surface area contributed by atoms with E-state index in [1.54, 1.807) is 0 Å². The van der Waals surface area contributed by atoms with Crippen LogP contribution >= 0.6 is 0 Å². The number of nitrogens with zero attached hydrogens (tertiary/aromatic N) is 5. The van der Waals surface area contributed by atoms with Crippen molar-refractivity contribution < 1.29 is 24.2 Å². The van der Waals surface area contributed by atoms with Crippen LogP contribution in [0.25, 0.3) is 0 Å². The third-order valence-electron chi connectivity index (χ3n) is 3.01. The van der Waals surface area contributed by atoms with Gasteiger partial charge in [-0.1, -0.05) is 0 Å². The van der Waals surface area contributed by atoms with Crippen LogP contribution in [0, 0.1) is 20.2 Å². The predicted octanol–water partition coefficient (Wildman–Crippen LogP) is -1.72. The summed E-state index contributed by atoms with van der Waals surface area (Å²) in [6.45, 7) is 0. The third-order valence-corrected chi connectivity index (χ3v) is 3.01. The Bertz CT molecular complexity index is 551. The number of carbonyl (C=O) groups is 3. The van der Waals surface area contributed by atoms with E-state index in [4.69, 9.17) is 0 Å². The van der Waals surface area contributed by atoms with Gasteiger partial charge in [-0.3, -0.25) is 49.3 Å². The molecule has 0 spiro atoms. The lowest BCUT2D eigenvalue weighted by molar-refractivity contribution is -0.454. The molecule has 110 valence electrons. The fourth-order valence-corrected chi connectivity index (χ4v) is 2.21. The number of hydrogen-bond acceptors (Lipinski definition) is 7. The van der Waals surface area contributed by atoms with E-state index in [1.807, 2.05) is 0 Å². The Hall–Kier alpha value is -3.31. The third kappa shape index (κ3) is 1.98. The minimum absolute atomic E-state index is 0.106. The van der Waals surface area contributed by atoms with E-state index in [-0.39, 0.29) is 19.2 Å². The fraction of sp³-hybridized carbons (Fsp3) is 0.222. The molecular formula is C9H7N5O7.